The molecular formula is C12H16FNO2S. The summed E-state index contributed by atoms with van der Waals surface area (Å²) in [5.41, 5.74) is 1.06. The fourth-order valence-corrected chi connectivity index (χ4v) is 3.14. The summed E-state index contributed by atoms with van der Waals surface area (Å²) < 4.78 is 37.0. The van der Waals surface area contributed by atoms with Gasteiger partial charge in [-0.2, -0.15) is 0 Å². The number of benzene rings is 1. The van der Waals surface area contributed by atoms with E-state index in [1.165, 1.54) is 22.7 Å². The van der Waals surface area contributed by atoms with Crippen LogP contribution >= 0.6 is 0 Å². The van der Waals surface area contributed by atoms with Crippen molar-refractivity contribution in [2.24, 2.45) is 5.92 Å². The van der Waals surface area contributed by atoms with Gasteiger partial charge in [0.1, 0.15) is 5.82 Å². The quantitative estimate of drug-likeness (QED) is 0.825. The zero-order valence-corrected chi connectivity index (χ0v) is 10.6. The molecule has 0 amide bonds. The molecule has 0 N–H and O–H groups in total. The molecule has 0 aliphatic carbocycles. The molecule has 0 aromatic heterocycles. The third kappa shape index (κ3) is 3.26. The lowest BCUT2D eigenvalue weighted by Gasteiger charge is -2.13. The van der Waals surface area contributed by atoms with Crippen LogP contribution in [0.3, 0.4) is 0 Å². The van der Waals surface area contributed by atoms with Gasteiger partial charge in [-0.3, -0.25) is 0 Å². The summed E-state index contributed by atoms with van der Waals surface area (Å²) in [5.74, 6) is 0.105. The van der Waals surface area contributed by atoms with Crippen molar-refractivity contribution in [3.8, 4) is 0 Å². The van der Waals surface area contributed by atoms with Crippen LogP contribution in [0.4, 0.5) is 4.39 Å². The first-order valence-electron chi connectivity index (χ1n) is 5.65. The van der Waals surface area contributed by atoms with E-state index < -0.39 is 10.0 Å². The summed E-state index contributed by atoms with van der Waals surface area (Å²) in [6, 6.07) is 6.41. The molecule has 17 heavy (non-hydrogen) atoms. The molecule has 1 fully saturated rings. The second-order valence-corrected chi connectivity index (χ2v) is 6.59. The molecule has 0 spiro atoms. The first-order valence-corrected chi connectivity index (χ1v) is 7.49. The molecule has 0 radical (unpaired) electrons. The average molecular weight is 257 g/mol. The minimum atomic E-state index is -3.06. The Balaban J connectivity index is 1.96. The second kappa shape index (κ2) is 4.74. The lowest BCUT2D eigenvalue weighted by molar-refractivity contribution is 0.460. The van der Waals surface area contributed by atoms with E-state index >= 15 is 0 Å². The Kier molecular flexibility index (Phi) is 3.49. The average Bonchev–Trinajstić information content (AvgIpc) is 2.69. The number of nitrogens with zero attached hydrogens (tertiary/aromatic N) is 1. The number of hydrogen-bond acceptors (Lipinski definition) is 2. The first kappa shape index (κ1) is 12.5. The normalized spacial score (nSPS) is 21.9. The Morgan fingerprint density at radius 2 is 2.00 bits per heavy atom. The number of sulfonamides is 1. The van der Waals surface area contributed by atoms with Crippen LogP contribution < -0.4 is 0 Å². The van der Waals surface area contributed by atoms with Crippen LogP contribution in [0.2, 0.25) is 0 Å². The summed E-state index contributed by atoms with van der Waals surface area (Å²) in [7, 11) is -3.06. The SMILES string of the molecule is CS(=O)(=O)N1CC[C@H](Cc2ccc(F)cc2)C1. The van der Waals surface area contributed by atoms with Gasteiger partial charge >= 0.3 is 0 Å². The molecule has 1 aromatic carbocycles. The predicted molar refractivity (Wildman–Crippen MR) is 64.6 cm³/mol. The first-order chi connectivity index (χ1) is 7.95. The molecule has 1 atom stereocenters. The zero-order valence-electron chi connectivity index (χ0n) is 9.77. The maximum atomic E-state index is 12.7. The van der Waals surface area contributed by atoms with E-state index in [0.717, 1.165) is 18.4 Å². The van der Waals surface area contributed by atoms with Gasteiger partial charge in [-0.05, 0) is 36.5 Å². The zero-order chi connectivity index (χ0) is 12.5. The Hall–Kier alpha value is -0.940. The minimum absolute atomic E-state index is 0.238. The maximum absolute atomic E-state index is 12.7. The minimum Gasteiger partial charge on any atom is -0.213 e. The monoisotopic (exact) mass is 257 g/mol. The summed E-state index contributed by atoms with van der Waals surface area (Å²) in [5, 5.41) is 0. The van der Waals surface area contributed by atoms with Crippen molar-refractivity contribution in [3.05, 3.63) is 35.6 Å². The van der Waals surface area contributed by atoms with Gasteiger partial charge in [0.15, 0.2) is 0 Å². The van der Waals surface area contributed by atoms with Gasteiger partial charge in [-0.15, -0.1) is 0 Å². The molecule has 1 heterocycles. The van der Waals surface area contributed by atoms with Crippen LogP contribution in [0, 0.1) is 11.7 Å². The lowest BCUT2D eigenvalue weighted by Crippen LogP contribution is -2.27. The molecular weight excluding hydrogens is 241 g/mol. The predicted octanol–water partition coefficient (Wildman–Crippen LogP) is 1.65. The molecule has 94 valence electrons. The smallest absolute Gasteiger partial charge is 0.211 e. The Morgan fingerprint density at radius 3 is 2.53 bits per heavy atom. The van der Waals surface area contributed by atoms with E-state index in [1.54, 1.807) is 12.1 Å². The molecule has 1 aromatic rings. The molecule has 3 nitrogen and oxygen atoms in total. The van der Waals surface area contributed by atoms with Crippen molar-refractivity contribution in [2.75, 3.05) is 19.3 Å². The second-order valence-electron chi connectivity index (χ2n) is 4.61. The lowest BCUT2D eigenvalue weighted by atomic mass is 9.99. The van der Waals surface area contributed by atoms with Crippen molar-refractivity contribution < 1.29 is 12.8 Å². The van der Waals surface area contributed by atoms with Gasteiger partial charge in [-0.1, -0.05) is 12.1 Å². The van der Waals surface area contributed by atoms with E-state index in [4.69, 9.17) is 0 Å². The van der Waals surface area contributed by atoms with Crippen LogP contribution in [0.5, 0.6) is 0 Å². The highest BCUT2D eigenvalue weighted by Crippen LogP contribution is 2.22. The molecule has 5 heteroatoms. The van der Waals surface area contributed by atoms with Gasteiger partial charge < -0.3 is 0 Å². The van der Waals surface area contributed by atoms with Crippen molar-refractivity contribution in [1.82, 2.24) is 4.31 Å². The third-order valence-electron chi connectivity index (χ3n) is 3.16. The topological polar surface area (TPSA) is 37.4 Å². The van der Waals surface area contributed by atoms with E-state index in [9.17, 15) is 12.8 Å². The van der Waals surface area contributed by atoms with Crippen molar-refractivity contribution >= 4 is 10.0 Å². The van der Waals surface area contributed by atoms with E-state index in [1.807, 2.05) is 0 Å². The molecule has 1 saturated heterocycles. The van der Waals surface area contributed by atoms with E-state index in [-0.39, 0.29) is 5.82 Å². The highest BCUT2D eigenvalue weighted by atomic mass is 32.2. The number of halogens is 1. The summed E-state index contributed by atoms with van der Waals surface area (Å²) in [6.07, 6.45) is 2.93. The van der Waals surface area contributed by atoms with Crippen LogP contribution in [0.1, 0.15) is 12.0 Å². The number of rotatable bonds is 3. The van der Waals surface area contributed by atoms with Gasteiger partial charge in [0.25, 0.3) is 0 Å². The van der Waals surface area contributed by atoms with Crippen molar-refractivity contribution in [3.63, 3.8) is 0 Å². The van der Waals surface area contributed by atoms with Crippen LogP contribution in [0.25, 0.3) is 0 Å². The fraction of sp³-hybridized carbons (Fsp3) is 0.500. The molecule has 1 aliphatic heterocycles. The summed E-state index contributed by atoms with van der Waals surface area (Å²) >= 11 is 0. The highest BCUT2D eigenvalue weighted by Gasteiger charge is 2.28. The molecule has 0 bridgehead atoms. The molecule has 0 unspecified atom stereocenters. The van der Waals surface area contributed by atoms with Gasteiger partial charge in [0.05, 0.1) is 6.26 Å². The third-order valence-corrected chi connectivity index (χ3v) is 4.42. The van der Waals surface area contributed by atoms with Crippen LogP contribution in [-0.4, -0.2) is 32.1 Å². The van der Waals surface area contributed by atoms with Gasteiger partial charge in [0, 0.05) is 13.1 Å². The van der Waals surface area contributed by atoms with Gasteiger partial charge in [0.2, 0.25) is 10.0 Å². The Bertz CT molecular complexity index is 484. The number of hydrogen-bond donors (Lipinski definition) is 0. The highest BCUT2D eigenvalue weighted by molar-refractivity contribution is 7.88. The Morgan fingerprint density at radius 1 is 1.35 bits per heavy atom. The van der Waals surface area contributed by atoms with E-state index in [2.05, 4.69) is 0 Å². The molecule has 1 aliphatic rings. The van der Waals surface area contributed by atoms with Gasteiger partial charge in [-0.25, -0.2) is 17.1 Å². The Labute approximate surface area is 101 Å². The maximum Gasteiger partial charge on any atom is 0.211 e. The van der Waals surface area contributed by atoms with Crippen molar-refractivity contribution in [1.29, 1.82) is 0 Å². The van der Waals surface area contributed by atoms with E-state index in [0.29, 0.717) is 19.0 Å². The van der Waals surface area contributed by atoms with Crippen LogP contribution in [0.15, 0.2) is 24.3 Å². The largest absolute Gasteiger partial charge is 0.213 e. The summed E-state index contributed by atoms with van der Waals surface area (Å²) in [4.78, 5) is 0. The summed E-state index contributed by atoms with van der Waals surface area (Å²) in [6.45, 7) is 1.18. The fourth-order valence-electron chi connectivity index (χ4n) is 2.22. The van der Waals surface area contributed by atoms with Crippen molar-refractivity contribution in [2.45, 2.75) is 12.8 Å². The molecule has 2 rings (SSSR count). The van der Waals surface area contributed by atoms with Crippen LogP contribution in [-0.2, 0) is 16.4 Å². The molecule has 0 saturated carbocycles. The standard InChI is InChI=1S/C12H16FNO2S/c1-17(15,16)14-7-6-11(9-14)8-10-2-4-12(13)5-3-10/h2-5,11H,6-9H2,1H3/t11-/m1/s1.